The van der Waals surface area contributed by atoms with Gasteiger partial charge in [0.2, 0.25) is 0 Å². The van der Waals surface area contributed by atoms with E-state index in [2.05, 4.69) is 19.2 Å². The highest BCUT2D eigenvalue weighted by Gasteiger charge is 2.08. The smallest absolute Gasteiger partial charge is 0.0935 e. The van der Waals surface area contributed by atoms with E-state index in [4.69, 9.17) is 9.15 Å². The van der Waals surface area contributed by atoms with Crippen LogP contribution in [-0.2, 0) is 11.2 Å². The quantitative estimate of drug-likeness (QED) is 0.656. The van der Waals surface area contributed by atoms with Crippen LogP contribution in [0.1, 0.15) is 32.3 Å². The van der Waals surface area contributed by atoms with Gasteiger partial charge in [-0.05, 0) is 37.4 Å². The van der Waals surface area contributed by atoms with Crippen molar-refractivity contribution in [2.45, 2.75) is 39.2 Å². The Hall–Kier alpha value is -0.800. The van der Waals surface area contributed by atoms with Gasteiger partial charge in [0.05, 0.1) is 12.5 Å². The number of likely N-dealkylation sites (N-methyl/N-ethyl adjacent to an activating group) is 1. The first-order chi connectivity index (χ1) is 7.86. The normalized spacial score (nSPS) is 12.9. The monoisotopic (exact) mass is 225 g/mol. The minimum Gasteiger partial charge on any atom is -0.472 e. The van der Waals surface area contributed by atoms with Crippen LogP contribution in [0.2, 0.25) is 0 Å². The number of rotatable bonds is 9. The molecule has 0 saturated carbocycles. The molecule has 3 heteroatoms. The van der Waals surface area contributed by atoms with Crippen LogP contribution < -0.4 is 5.32 Å². The van der Waals surface area contributed by atoms with Gasteiger partial charge in [-0.15, -0.1) is 0 Å². The highest BCUT2D eigenvalue weighted by Crippen LogP contribution is 2.07. The lowest BCUT2D eigenvalue weighted by Gasteiger charge is -2.16. The number of nitrogens with one attached hydrogen (secondary N) is 1. The second-order valence-electron chi connectivity index (χ2n) is 3.99. The molecule has 1 aromatic heterocycles. The van der Waals surface area contributed by atoms with E-state index >= 15 is 0 Å². The fourth-order valence-electron chi connectivity index (χ4n) is 1.73. The van der Waals surface area contributed by atoms with E-state index in [1.54, 1.807) is 6.26 Å². The Morgan fingerprint density at radius 3 is 2.88 bits per heavy atom. The average Bonchev–Trinajstić information content (AvgIpc) is 2.77. The fourth-order valence-corrected chi connectivity index (χ4v) is 1.73. The summed E-state index contributed by atoms with van der Waals surface area (Å²) < 4.78 is 10.6. The zero-order valence-corrected chi connectivity index (χ0v) is 10.4. The summed E-state index contributed by atoms with van der Waals surface area (Å²) in [5.41, 5.74) is 1.25. The number of furan rings is 1. The third kappa shape index (κ3) is 5.33. The molecule has 3 nitrogen and oxygen atoms in total. The summed E-state index contributed by atoms with van der Waals surface area (Å²) >= 11 is 0. The zero-order valence-electron chi connectivity index (χ0n) is 10.4. The largest absolute Gasteiger partial charge is 0.472 e. The van der Waals surface area contributed by atoms with Gasteiger partial charge in [0, 0.05) is 19.3 Å². The van der Waals surface area contributed by atoms with Crippen molar-refractivity contribution in [2.75, 3.05) is 19.8 Å². The van der Waals surface area contributed by atoms with Gasteiger partial charge in [0.15, 0.2) is 0 Å². The van der Waals surface area contributed by atoms with E-state index in [9.17, 15) is 0 Å². The van der Waals surface area contributed by atoms with Crippen LogP contribution in [0.4, 0.5) is 0 Å². The van der Waals surface area contributed by atoms with Crippen LogP contribution in [-0.4, -0.2) is 25.8 Å². The van der Waals surface area contributed by atoms with Crippen molar-refractivity contribution in [3.05, 3.63) is 24.2 Å². The lowest BCUT2D eigenvalue weighted by molar-refractivity contribution is 0.124. The van der Waals surface area contributed by atoms with Gasteiger partial charge < -0.3 is 14.5 Å². The van der Waals surface area contributed by atoms with E-state index in [0.29, 0.717) is 6.04 Å². The summed E-state index contributed by atoms with van der Waals surface area (Å²) in [4.78, 5) is 0. The van der Waals surface area contributed by atoms with Gasteiger partial charge in [0.1, 0.15) is 0 Å². The van der Waals surface area contributed by atoms with E-state index in [1.165, 1.54) is 5.56 Å². The van der Waals surface area contributed by atoms with Gasteiger partial charge in [0.25, 0.3) is 0 Å². The first-order valence-corrected chi connectivity index (χ1v) is 6.19. The maximum absolute atomic E-state index is 5.52. The lowest BCUT2D eigenvalue weighted by Crippen LogP contribution is -2.32. The maximum Gasteiger partial charge on any atom is 0.0935 e. The first-order valence-electron chi connectivity index (χ1n) is 6.19. The Bertz CT molecular complexity index is 246. The van der Waals surface area contributed by atoms with Gasteiger partial charge in [-0.1, -0.05) is 13.8 Å². The predicted octanol–water partition coefficient (Wildman–Crippen LogP) is 2.62. The standard InChI is InChI=1S/C13H23NO2/c1-3-7-15-9-6-13(14-4-2)10-12-5-8-16-11-12/h5,8,11,13-14H,3-4,6-7,9-10H2,1-2H3. The van der Waals surface area contributed by atoms with E-state index < -0.39 is 0 Å². The van der Waals surface area contributed by atoms with Crippen LogP contribution in [0, 0.1) is 0 Å². The van der Waals surface area contributed by atoms with Crippen molar-refractivity contribution in [3.8, 4) is 0 Å². The topological polar surface area (TPSA) is 34.4 Å². The minimum absolute atomic E-state index is 0.486. The molecule has 1 N–H and O–H groups in total. The third-order valence-electron chi connectivity index (χ3n) is 2.51. The molecule has 0 saturated heterocycles. The van der Waals surface area contributed by atoms with Crippen molar-refractivity contribution >= 4 is 0 Å². The summed E-state index contributed by atoms with van der Waals surface area (Å²) in [7, 11) is 0. The number of ether oxygens (including phenoxy) is 1. The Morgan fingerprint density at radius 2 is 2.25 bits per heavy atom. The molecule has 1 heterocycles. The zero-order chi connectivity index (χ0) is 11.6. The molecule has 1 atom stereocenters. The van der Waals surface area contributed by atoms with E-state index in [1.807, 2.05) is 12.3 Å². The van der Waals surface area contributed by atoms with Gasteiger partial charge in [-0.3, -0.25) is 0 Å². The SMILES string of the molecule is CCCOCCC(Cc1ccoc1)NCC. The van der Waals surface area contributed by atoms with Crippen molar-refractivity contribution in [1.29, 1.82) is 0 Å². The van der Waals surface area contributed by atoms with Crippen molar-refractivity contribution in [3.63, 3.8) is 0 Å². The van der Waals surface area contributed by atoms with Crippen LogP contribution in [0.3, 0.4) is 0 Å². The van der Waals surface area contributed by atoms with Crippen molar-refractivity contribution in [1.82, 2.24) is 5.32 Å². The van der Waals surface area contributed by atoms with E-state index in [0.717, 1.165) is 39.0 Å². The molecule has 1 aromatic rings. The van der Waals surface area contributed by atoms with Crippen LogP contribution in [0.25, 0.3) is 0 Å². The van der Waals surface area contributed by atoms with Gasteiger partial charge in [-0.2, -0.15) is 0 Å². The Morgan fingerprint density at radius 1 is 1.38 bits per heavy atom. The predicted molar refractivity (Wildman–Crippen MR) is 65.6 cm³/mol. The molecule has 0 amide bonds. The fraction of sp³-hybridized carbons (Fsp3) is 0.692. The first kappa shape index (κ1) is 13.3. The molecule has 1 unspecified atom stereocenters. The Kier molecular flexibility index (Phi) is 6.93. The molecule has 0 aliphatic carbocycles. The van der Waals surface area contributed by atoms with Crippen LogP contribution in [0.15, 0.2) is 23.0 Å². The minimum atomic E-state index is 0.486. The Labute approximate surface area is 98.2 Å². The summed E-state index contributed by atoms with van der Waals surface area (Å²) in [6, 6.07) is 2.51. The van der Waals surface area contributed by atoms with Crippen molar-refractivity contribution in [2.24, 2.45) is 0 Å². The second kappa shape index (κ2) is 8.36. The number of hydrogen-bond acceptors (Lipinski definition) is 3. The Balaban J connectivity index is 2.24. The van der Waals surface area contributed by atoms with Crippen LogP contribution in [0.5, 0.6) is 0 Å². The summed E-state index contributed by atoms with van der Waals surface area (Å²) in [5.74, 6) is 0. The molecular weight excluding hydrogens is 202 g/mol. The van der Waals surface area contributed by atoms with Crippen molar-refractivity contribution < 1.29 is 9.15 Å². The molecule has 0 radical (unpaired) electrons. The molecule has 0 aliphatic rings. The molecule has 1 rings (SSSR count). The van der Waals surface area contributed by atoms with Gasteiger partial charge in [-0.25, -0.2) is 0 Å². The molecular formula is C13H23NO2. The molecule has 0 spiro atoms. The third-order valence-corrected chi connectivity index (χ3v) is 2.51. The van der Waals surface area contributed by atoms with E-state index in [-0.39, 0.29) is 0 Å². The molecule has 16 heavy (non-hydrogen) atoms. The summed E-state index contributed by atoms with van der Waals surface area (Å²) in [6.45, 7) is 6.97. The molecule has 0 bridgehead atoms. The molecule has 0 aliphatic heterocycles. The highest BCUT2D eigenvalue weighted by atomic mass is 16.5. The van der Waals surface area contributed by atoms with Gasteiger partial charge >= 0.3 is 0 Å². The number of hydrogen-bond donors (Lipinski definition) is 1. The second-order valence-corrected chi connectivity index (χ2v) is 3.99. The summed E-state index contributed by atoms with van der Waals surface area (Å²) in [5, 5.41) is 3.48. The van der Waals surface area contributed by atoms with Crippen LogP contribution >= 0.6 is 0 Å². The summed E-state index contributed by atoms with van der Waals surface area (Å²) in [6.07, 6.45) is 6.70. The molecule has 92 valence electrons. The highest BCUT2D eigenvalue weighted by molar-refractivity contribution is 5.07. The molecule has 0 aromatic carbocycles. The maximum atomic E-state index is 5.52. The lowest BCUT2D eigenvalue weighted by atomic mass is 10.1. The average molecular weight is 225 g/mol. The molecule has 0 fully saturated rings.